The van der Waals surface area contributed by atoms with E-state index in [1.54, 1.807) is 0 Å². The van der Waals surface area contributed by atoms with Crippen molar-refractivity contribution < 1.29 is 18.3 Å². The van der Waals surface area contributed by atoms with Gasteiger partial charge in [-0.05, 0) is 6.42 Å². The lowest BCUT2D eigenvalue weighted by Crippen LogP contribution is -2.28. The fourth-order valence-electron chi connectivity index (χ4n) is 1.07. The lowest BCUT2D eigenvalue weighted by Gasteiger charge is -2.04. The fraction of sp³-hybridized carbons (Fsp3) is 0.889. The summed E-state index contributed by atoms with van der Waals surface area (Å²) in [6, 6.07) is 0. The Labute approximate surface area is 90.9 Å². The zero-order valence-corrected chi connectivity index (χ0v) is 9.85. The molecule has 15 heavy (non-hydrogen) atoms. The van der Waals surface area contributed by atoms with Crippen molar-refractivity contribution in [3.05, 3.63) is 0 Å². The number of sulfonamides is 1. The van der Waals surface area contributed by atoms with E-state index in [2.05, 4.69) is 11.6 Å². The molecule has 0 amide bonds. The topological polar surface area (TPSA) is 83.5 Å². The Kier molecular flexibility index (Phi) is 7.33. The van der Waals surface area contributed by atoms with Crippen LogP contribution in [0.4, 0.5) is 0 Å². The third-order valence-electron chi connectivity index (χ3n) is 1.94. The van der Waals surface area contributed by atoms with Gasteiger partial charge in [-0.15, -0.1) is 0 Å². The molecule has 0 atom stereocenters. The molecule has 0 spiro atoms. The monoisotopic (exact) mass is 237 g/mol. The molecule has 0 aromatic rings. The molecule has 0 rings (SSSR count). The number of nitrogens with one attached hydrogen (secondary N) is 1. The molecule has 5 nitrogen and oxygen atoms in total. The molecule has 6 heteroatoms. The lowest BCUT2D eigenvalue weighted by molar-refractivity contribution is -0.136. The van der Waals surface area contributed by atoms with Gasteiger partial charge in [0.25, 0.3) is 0 Å². The highest BCUT2D eigenvalue weighted by molar-refractivity contribution is 7.89. The van der Waals surface area contributed by atoms with Gasteiger partial charge in [-0.1, -0.05) is 26.2 Å². The molecule has 0 unspecified atom stereocenters. The molecule has 0 aliphatic heterocycles. The Morgan fingerprint density at radius 3 is 2.47 bits per heavy atom. The summed E-state index contributed by atoms with van der Waals surface area (Å²) >= 11 is 0. The Hall–Kier alpha value is -0.620. The molecule has 90 valence electrons. The van der Waals surface area contributed by atoms with E-state index in [9.17, 15) is 13.2 Å². The molecule has 0 radical (unpaired) electrons. The van der Waals surface area contributed by atoms with Crippen molar-refractivity contribution >= 4 is 16.0 Å². The van der Waals surface area contributed by atoms with Gasteiger partial charge in [-0.2, -0.15) is 0 Å². The first-order valence-electron chi connectivity index (χ1n) is 5.17. The number of hydrogen-bond acceptors (Lipinski definition) is 3. The van der Waals surface area contributed by atoms with Gasteiger partial charge in [-0.3, -0.25) is 4.79 Å². The molecular weight excluding hydrogens is 218 g/mol. The zero-order chi connectivity index (χ0) is 11.7. The first-order chi connectivity index (χ1) is 6.98. The summed E-state index contributed by atoms with van der Waals surface area (Å²) < 4.78 is 24.8. The highest BCUT2D eigenvalue weighted by Crippen LogP contribution is 1.98. The fourth-order valence-corrected chi connectivity index (χ4v) is 2.12. The van der Waals surface area contributed by atoms with Crippen LogP contribution in [-0.2, 0) is 14.8 Å². The Bertz CT molecular complexity index is 274. The lowest BCUT2D eigenvalue weighted by atomic mass is 10.2. The van der Waals surface area contributed by atoms with Crippen LogP contribution in [0.5, 0.6) is 0 Å². The van der Waals surface area contributed by atoms with E-state index in [1.807, 2.05) is 0 Å². The van der Waals surface area contributed by atoms with Gasteiger partial charge >= 0.3 is 5.97 Å². The van der Waals surface area contributed by atoms with E-state index in [-0.39, 0.29) is 12.2 Å². The van der Waals surface area contributed by atoms with Gasteiger partial charge < -0.3 is 5.11 Å². The van der Waals surface area contributed by atoms with Crippen molar-refractivity contribution in [2.75, 3.05) is 12.3 Å². The third kappa shape index (κ3) is 9.68. The highest BCUT2D eigenvalue weighted by Gasteiger charge is 2.11. The van der Waals surface area contributed by atoms with Crippen LogP contribution in [0, 0.1) is 0 Å². The summed E-state index contributed by atoms with van der Waals surface area (Å²) in [5.41, 5.74) is 0. The first kappa shape index (κ1) is 14.4. The standard InChI is InChI=1S/C9H19NO4S/c1-2-3-4-5-7-10-15(13,14)8-6-9(11)12/h10H,2-8H2,1H3,(H,11,12). The number of hydrogen-bond donors (Lipinski definition) is 2. The minimum Gasteiger partial charge on any atom is -0.481 e. The summed E-state index contributed by atoms with van der Waals surface area (Å²) in [6.45, 7) is 2.49. The number of rotatable bonds is 9. The van der Waals surface area contributed by atoms with Crippen LogP contribution in [0.3, 0.4) is 0 Å². The quantitative estimate of drug-likeness (QED) is 0.585. The molecule has 0 aliphatic rings. The van der Waals surface area contributed by atoms with E-state index < -0.39 is 16.0 Å². The van der Waals surface area contributed by atoms with Gasteiger partial charge in [0.1, 0.15) is 0 Å². The number of aliphatic carboxylic acids is 1. The van der Waals surface area contributed by atoms with Crippen LogP contribution < -0.4 is 4.72 Å². The molecule has 0 aromatic carbocycles. The van der Waals surface area contributed by atoms with Crippen molar-refractivity contribution in [2.24, 2.45) is 0 Å². The molecule has 0 fully saturated rings. The maximum absolute atomic E-state index is 11.2. The molecule has 2 N–H and O–H groups in total. The van der Waals surface area contributed by atoms with Crippen LogP contribution in [0.1, 0.15) is 39.0 Å². The normalized spacial score (nSPS) is 11.5. The van der Waals surface area contributed by atoms with Crippen molar-refractivity contribution in [3.63, 3.8) is 0 Å². The van der Waals surface area contributed by atoms with E-state index >= 15 is 0 Å². The maximum atomic E-state index is 11.2. The second kappa shape index (κ2) is 7.64. The second-order valence-electron chi connectivity index (χ2n) is 3.42. The van der Waals surface area contributed by atoms with Crippen LogP contribution in [-0.4, -0.2) is 31.8 Å². The van der Waals surface area contributed by atoms with Crippen molar-refractivity contribution in [2.45, 2.75) is 39.0 Å². The molecule has 0 saturated heterocycles. The molecule has 0 aliphatic carbocycles. The van der Waals surface area contributed by atoms with Crippen LogP contribution in [0.25, 0.3) is 0 Å². The summed E-state index contributed by atoms with van der Waals surface area (Å²) in [7, 11) is -3.39. The third-order valence-corrected chi connectivity index (χ3v) is 3.32. The summed E-state index contributed by atoms with van der Waals surface area (Å²) in [5, 5.41) is 8.33. The van der Waals surface area contributed by atoms with E-state index in [0.29, 0.717) is 6.54 Å². The van der Waals surface area contributed by atoms with Crippen LogP contribution >= 0.6 is 0 Å². The Morgan fingerprint density at radius 2 is 1.93 bits per heavy atom. The zero-order valence-electron chi connectivity index (χ0n) is 9.03. The Morgan fingerprint density at radius 1 is 1.27 bits per heavy atom. The van der Waals surface area contributed by atoms with Crippen molar-refractivity contribution in [1.82, 2.24) is 4.72 Å². The maximum Gasteiger partial charge on any atom is 0.304 e. The molecule has 0 heterocycles. The van der Waals surface area contributed by atoms with Crippen molar-refractivity contribution in [1.29, 1.82) is 0 Å². The summed E-state index contributed by atoms with van der Waals surface area (Å²) in [6.07, 6.45) is 3.66. The molecule has 0 bridgehead atoms. The Balaban J connectivity index is 3.61. The molecular formula is C9H19NO4S. The van der Waals surface area contributed by atoms with Gasteiger partial charge in [-0.25, -0.2) is 13.1 Å². The first-order valence-corrected chi connectivity index (χ1v) is 6.82. The number of carboxylic acids is 1. The second-order valence-corrected chi connectivity index (χ2v) is 5.34. The van der Waals surface area contributed by atoms with Crippen LogP contribution in [0.15, 0.2) is 0 Å². The van der Waals surface area contributed by atoms with Gasteiger partial charge in [0.2, 0.25) is 10.0 Å². The highest BCUT2D eigenvalue weighted by atomic mass is 32.2. The van der Waals surface area contributed by atoms with Gasteiger partial charge in [0, 0.05) is 6.54 Å². The minimum absolute atomic E-state index is 0.337. The predicted octanol–water partition coefficient (Wildman–Crippen LogP) is 0.961. The predicted molar refractivity (Wildman–Crippen MR) is 58.2 cm³/mol. The van der Waals surface area contributed by atoms with Crippen LogP contribution in [0.2, 0.25) is 0 Å². The number of carboxylic acid groups (broad SMARTS) is 1. The largest absolute Gasteiger partial charge is 0.481 e. The van der Waals surface area contributed by atoms with E-state index in [0.717, 1.165) is 25.7 Å². The van der Waals surface area contributed by atoms with Gasteiger partial charge in [0.15, 0.2) is 0 Å². The SMILES string of the molecule is CCCCCCNS(=O)(=O)CCC(=O)O. The molecule has 0 saturated carbocycles. The average molecular weight is 237 g/mol. The average Bonchev–Trinajstić information content (AvgIpc) is 2.15. The smallest absolute Gasteiger partial charge is 0.304 e. The molecule has 0 aromatic heterocycles. The summed E-state index contributed by atoms with van der Waals surface area (Å²) in [4.78, 5) is 10.2. The number of carbonyl (C=O) groups is 1. The minimum atomic E-state index is -3.39. The van der Waals surface area contributed by atoms with Gasteiger partial charge in [0.05, 0.1) is 12.2 Å². The van der Waals surface area contributed by atoms with Crippen molar-refractivity contribution in [3.8, 4) is 0 Å². The summed E-state index contributed by atoms with van der Waals surface area (Å²) in [5.74, 6) is -1.43. The van der Waals surface area contributed by atoms with E-state index in [1.165, 1.54) is 0 Å². The number of unbranched alkanes of at least 4 members (excludes halogenated alkanes) is 3. The van der Waals surface area contributed by atoms with E-state index in [4.69, 9.17) is 5.11 Å².